The first-order valence-corrected chi connectivity index (χ1v) is 8.48. The van der Waals surface area contributed by atoms with Gasteiger partial charge < -0.3 is 10.2 Å². The van der Waals surface area contributed by atoms with Crippen LogP contribution in [0, 0.1) is 0 Å². The summed E-state index contributed by atoms with van der Waals surface area (Å²) in [5, 5.41) is 4.60. The molecule has 1 aliphatic rings. The summed E-state index contributed by atoms with van der Waals surface area (Å²) in [5.74, 6) is 0.713. The number of nitrogens with one attached hydrogen (secondary N) is 1. The first kappa shape index (κ1) is 14.5. The average Bonchev–Trinajstić information content (AvgIpc) is 3.25. The van der Waals surface area contributed by atoms with E-state index in [1.165, 1.54) is 34.7 Å². The fourth-order valence-electron chi connectivity index (χ4n) is 2.43. The molecule has 1 aromatic heterocycles. The highest BCUT2D eigenvalue weighted by molar-refractivity contribution is 7.15. The molecule has 1 aliphatic carbocycles. The van der Waals surface area contributed by atoms with Gasteiger partial charge in [0, 0.05) is 42.7 Å². The summed E-state index contributed by atoms with van der Waals surface area (Å²) in [6.45, 7) is 4.11. The van der Waals surface area contributed by atoms with Crippen LogP contribution in [0.2, 0.25) is 0 Å². The number of thiazole rings is 1. The molecule has 0 unspecified atom stereocenters. The maximum Gasteiger partial charge on any atom is 0.123 e. The van der Waals surface area contributed by atoms with Gasteiger partial charge in [-0.05, 0) is 43.7 Å². The van der Waals surface area contributed by atoms with Crippen LogP contribution in [0.5, 0.6) is 0 Å². The maximum atomic E-state index is 4.93. The van der Waals surface area contributed by atoms with E-state index in [0.717, 1.165) is 18.1 Å². The zero-order valence-corrected chi connectivity index (χ0v) is 13.8. The van der Waals surface area contributed by atoms with E-state index in [0.29, 0.717) is 5.92 Å². The molecule has 4 heteroatoms. The van der Waals surface area contributed by atoms with Crippen molar-refractivity contribution in [1.82, 2.24) is 10.3 Å². The van der Waals surface area contributed by atoms with E-state index >= 15 is 0 Å². The third-order valence-electron chi connectivity index (χ3n) is 3.86. The predicted molar refractivity (Wildman–Crippen MR) is 91.2 cm³/mol. The molecule has 0 amide bonds. The van der Waals surface area contributed by atoms with Gasteiger partial charge in [0.2, 0.25) is 0 Å². The zero-order valence-electron chi connectivity index (χ0n) is 13.0. The lowest BCUT2D eigenvalue weighted by atomic mass is 10.2. The molecule has 1 heterocycles. The van der Waals surface area contributed by atoms with Crippen LogP contribution in [0.3, 0.4) is 0 Å². The number of anilines is 1. The normalized spacial score (nSPS) is 14.4. The second kappa shape index (κ2) is 6.16. The Labute approximate surface area is 131 Å². The van der Waals surface area contributed by atoms with E-state index in [4.69, 9.17) is 4.98 Å². The van der Waals surface area contributed by atoms with Crippen molar-refractivity contribution in [2.24, 2.45) is 0 Å². The lowest BCUT2D eigenvalue weighted by Crippen LogP contribution is -2.11. The smallest absolute Gasteiger partial charge is 0.123 e. The van der Waals surface area contributed by atoms with Crippen molar-refractivity contribution in [1.29, 1.82) is 0 Å². The molecule has 1 saturated carbocycles. The Morgan fingerprint density at radius 1 is 1.24 bits per heavy atom. The molecule has 0 aliphatic heterocycles. The molecule has 1 aromatic carbocycles. The third kappa shape index (κ3) is 3.27. The highest BCUT2D eigenvalue weighted by atomic mass is 32.1. The molecule has 2 aromatic rings. The summed E-state index contributed by atoms with van der Waals surface area (Å²) in [6.07, 6.45) is 2.61. The highest BCUT2D eigenvalue weighted by Crippen LogP contribution is 2.44. The summed E-state index contributed by atoms with van der Waals surface area (Å²) in [4.78, 5) is 8.48. The molecule has 0 saturated heterocycles. The van der Waals surface area contributed by atoms with Crippen LogP contribution in [-0.4, -0.2) is 25.6 Å². The number of benzene rings is 1. The minimum absolute atomic E-state index is 0.713. The Bertz CT molecular complexity index is 597. The SMILES string of the molecule is CCNCc1sc(-c2ccc(N(C)C)cc2)nc1C1CC1. The molecule has 1 fully saturated rings. The summed E-state index contributed by atoms with van der Waals surface area (Å²) in [5.41, 5.74) is 3.80. The molecule has 112 valence electrons. The van der Waals surface area contributed by atoms with Crippen LogP contribution < -0.4 is 10.2 Å². The predicted octanol–water partition coefficient (Wildman–Crippen LogP) is 3.86. The fourth-order valence-corrected chi connectivity index (χ4v) is 3.55. The second-order valence-electron chi connectivity index (χ2n) is 5.82. The zero-order chi connectivity index (χ0) is 14.8. The summed E-state index contributed by atoms with van der Waals surface area (Å²) in [6, 6.07) is 8.69. The largest absolute Gasteiger partial charge is 0.378 e. The molecule has 0 bridgehead atoms. The van der Waals surface area contributed by atoms with Crippen LogP contribution in [-0.2, 0) is 6.54 Å². The van der Waals surface area contributed by atoms with Crippen molar-refractivity contribution < 1.29 is 0 Å². The van der Waals surface area contributed by atoms with Gasteiger partial charge in [-0.3, -0.25) is 0 Å². The highest BCUT2D eigenvalue weighted by Gasteiger charge is 2.29. The van der Waals surface area contributed by atoms with E-state index in [9.17, 15) is 0 Å². The van der Waals surface area contributed by atoms with Crippen LogP contribution in [0.25, 0.3) is 10.6 Å². The van der Waals surface area contributed by atoms with Gasteiger partial charge in [-0.25, -0.2) is 4.98 Å². The van der Waals surface area contributed by atoms with Crippen molar-refractivity contribution in [3.8, 4) is 10.6 Å². The van der Waals surface area contributed by atoms with Gasteiger partial charge >= 0.3 is 0 Å². The van der Waals surface area contributed by atoms with E-state index in [-0.39, 0.29) is 0 Å². The van der Waals surface area contributed by atoms with Crippen molar-refractivity contribution >= 4 is 17.0 Å². The first-order chi connectivity index (χ1) is 10.2. The Balaban J connectivity index is 1.87. The van der Waals surface area contributed by atoms with E-state index < -0.39 is 0 Å². The second-order valence-corrected chi connectivity index (χ2v) is 6.91. The Kier molecular flexibility index (Phi) is 4.27. The average molecular weight is 301 g/mol. The van der Waals surface area contributed by atoms with Crippen molar-refractivity contribution in [2.75, 3.05) is 25.5 Å². The number of hydrogen-bond donors (Lipinski definition) is 1. The Hall–Kier alpha value is -1.39. The molecule has 1 N–H and O–H groups in total. The standard InChI is InChI=1S/C17H23N3S/c1-4-18-11-15-16(12-5-6-12)19-17(21-15)13-7-9-14(10-8-13)20(2)3/h7-10,12,18H,4-6,11H2,1-3H3. The number of aromatic nitrogens is 1. The van der Waals surface area contributed by atoms with Crippen LogP contribution in [0.15, 0.2) is 24.3 Å². The topological polar surface area (TPSA) is 28.2 Å². The Morgan fingerprint density at radius 2 is 1.95 bits per heavy atom. The summed E-state index contributed by atoms with van der Waals surface area (Å²) < 4.78 is 0. The minimum Gasteiger partial charge on any atom is -0.378 e. The molecule has 0 radical (unpaired) electrons. The minimum atomic E-state index is 0.713. The van der Waals surface area contributed by atoms with Crippen molar-refractivity contribution in [3.63, 3.8) is 0 Å². The monoisotopic (exact) mass is 301 g/mol. The molecular weight excluding hydrogens is 278 g/mol. The third-order valence-corrected chi connectivity index (χ3v) is 4.98. The quantitative estimate of drug-likeness (QED) is 0.878. The number of rotatable bonds is 6. The van der Waals surface area contributed by atoms with Gasteiger partial charge in [0.15, 0.2) is 0 Å². The summed E-state index contributed by atoms with van der Waals surface area (Å²) in [7, 11) is 4.14. The van der Waals surface area contributed by atoms with E-state index in [2.05, 4.69) is 55.5 Å². The Morgan fingerprint density at radius 3 is 2.52 bits per heavy atom. The van der Waals surface area contributed by atoms with Crippen molar-refractivity contribution in [3.05, 3.63) is 34.8 Å². The fraction of sp³-hybridized carbons (Fsp3) is 0.471. The van der Waals surface area contributed by atoms with Crippen LogP contribution >= 0.6 is 11.3 Å². The van der Waals surface area contributed by atoms with Gasteiger partial charge in [-0.15, -0.1) is 11.3 Å². The molecule has 3 rings (SSSR count). The molecule has 0 atom stereocenters. The molecular formula is C17H23N3S. The molecule has 21 heavy (non-hydrogen) atoms. The summed E-state index contributed by atoms with van der Waals surface area (Å²) >= 11 is 1.85. The van der Waals surface area contributed by atoms with Crippen LogP contribution in [0.4, 0.5) is 5.69 Å². The number of hydrogen-bond acceptors (Lipinski definition) is 4. The van der Waals surface area contributed by atoms with Gasteiger partial charge in [0.05, 0.1) is 5.69 Å². The lowest BCUT2D eigenvalue weighted by Gasteiger charge is -2.11. The van der Waals surface area contributed by atoms with Gasteiger partial charge in [0.25, 0.3) is 0 Å². The van der Waals surface area contributed by atoms with Gasteiger partial charge in [-0.2, -0.15) is 0 Å². The van der Waals surface area contributed by atoms with Gasteiger partial charge in [0.1, 0.15) is 5.01 Å². The number of nitrogens with zero attached hydrogens (tertiary/aromatic N) is 2. The van der Waals surface area contributed by atoms with E-state index in [1.54, 1.807) is 0 Å². The van der Waals surface area contributed by atoms with E-state index in [1.807, 2.05) is 11.3 Å². The van der Waals surface area contributed by atoms with Crippen molar-refractivity contribution in [2.45, 2.75) is 32.2 Å². The maximum absolute atomic E-state index is 4.93. The van der Waals surface area contributed by atoms with Crippen LogP contribution in [0.1, 0.15) is 36.3 Å². The molecule has 3 nitrogen and oxygen atoms in total. The molecule has 0 spiro atoms. The van der Waals surface area contributed by atoms with Gasteiger partial charge in [-0.1, -0.05) is 6.92 Å². The lowest BCUT2D eigenvalue weighted by molar-refractivity contribution is 0.727. The first-order valence-electron chi connectivity index (χ1n) is 7.67.